The van der Waals surface area contributed by atoms with Crippen molar-refractivity contribution in [2.75, 3.05) is 26.8 Å². The third-order valence-electron chi connectivity index (χ3n) is 3.55. The molecule has 0 aromatic rings. The van der Waals surface area contributed by atoms with Gasteiger partial charge in [-0.25, -0.2) is 0 Å². The van der Waals surface area contributed by atoms with Crippen molar-refractivity contribution in [1.29, 1.82) is 0 Å². The summed E-state index contributed by atoms with van der Waals surface area (Å²) in [6.07, 6.45) is 5.74. The second-order valence-corrected chi connectivity index (χ2v) is 6.16. The first-order valence-electron chi connectivity index (χ1n) is 7.47. The van der Waals surface area contributed by atoms with E-state index < -0.39 is 0 Å². The Kier molecular flexibility index (Phi) is 7.87. The van der Waals surface area contributed by atoms with E-state index in [1.165, 1.54) is 25.7 Å². The molecule has 3 nitrogen and oxygen atoms in total. The van der Waals surface area contributed by atoms with Crippen LogP contribution in [0.4, 0.5) is 0 Å². The molecule has 1 aliphatic carbocycles. The summed E-state index contributed by atoms with van der Waals surface area (Å²) in [5, 5.41) is 3.47. The van der Waals surface area contributed by atoms with E-state index in [0.717, 1.165) is 19.0 Å². The minimum atomic E-state index is 0.198. The molecule has 108 valence electrons. The van der Waals surface area contributed by atoms with Gasteiger partial charge in [0.05, 0.1) is 18.8 Å². The topological polar surface area (TPSA) is 30.5 Å². The predicted molar refractivity (Wildman–Crippen MR) is 75.9 cm³/mol. The SMILES string of the molecule is COCC(CNCC(C)C)OC1CCCC(C)C1. The van der Waals surface area contributed by atoms with E-state index in [1.54, 1.807) is 7.11 Å². The van der Waals surface area contributed by atoms with Gasteiger partial charge >= 0.3 is 0 Å². The molecule has 1 rings (SSSR count). The molecule has 3 unspecified atom stereocenters. The molecule has 1 N–H and O–H groups in total. The van der Waals surface area contributed by atoms with Crippen LogP contribution in [0.3, 0.4) is 0 Å². The lowest BCUT2D eigenvalue weighted by Gasteiger charge is -2.30. The third-order valence-corrected chi connectivity index (χ3v) is 3.55. The van der Waals surface area contributed by atoms with E-state index in [-0.39, 0.29) is 6.10 Å². The van der Waals surface area contributed by atoms with E-state index in [2.05, 4.69) is 26.1 Å². The maximum absolute atomic E-state index is 6.20. The van der Waals surface area contributed by atoms with Gasteiger partial charge in [-0.1, -0.05) is 33.6 Å². The highest BCUT2D eigenvalue weighted by Gasteiger charge is 2.22. The molecule has 0 bridgehead atoms. The smallest absolute Gasteiger partial charge is 0.0936 e. The normalized spacial score (nSPS) is 26.5. The molecule has 0 aromatic carbocycles. The van der Waals surface area contributed by atoms with Crippen molar-refractivity contribution in [3.63, 3.8) is 0 Å². The summed E-state index contributed by atoms with van der Waals surface area (Å²) < 4.78 is 11.5. The van der Waals surface area contributed by atoms with E-state index in [4.69, 9.17) is 9.47 Å². The Hall–Kier alpha value is -0.120. The summed E-state index contributed by atoms with van der Waals surface area (Å²) in [6.45, 7) is 9.42. The summed E-state index contributed by atoms with van der Waals surface area (Å²) in [5.41, 5.74) is 0. The van der Waals surface area contributed by atoms with E-state index in [9.17, 15) is 0 Å². The average Bonchev–Trinajstić information content (AvgIpc) is 2.28. The monoisotopic (exact) mass is 257 g/mol. The van der Waals surface area contributed by atoms with E-state index in [0.29, 0.717) is 18.6 Å². The van der Waals surface area contributed by atoms with Crippen LogP contribution in [-0.4, -0.2) is 39.0 Å². The number of ether oxygens (including phenoxy) is 2. The van der Waals surface area contributed by atoms with Gasteiger partial charge in [0.1, 0.15) is 0 Å². The van der Waals surface area contributed by atoms with Gasteiger partial charge in [-0.3, -0.25) is 0 Å². The first-order valence-corrected chi connectivity index (χ1v) is 7.47. The second-order valence-electron chi connectivity index (χ2n) is 6.16. The van der Waals surface area contributed by atoms with Gasteiger partial charge in [-0.2, -0.15) is 0 Å². The highest BCUT2D eigenvalue weighted by molar-refractivity contribution is 4.73. The molecule has 3 atom stereocenters. The lowest BCUT2D eigenvalue weighted by Crippen LogP contribution is -2.38. The molecule has 18 heavy (non-hydrogen) atoms. The van der Waals surface area contributed by atoms with Crippen molar-refractivity contribution >= 4 is 0 Å². The average molecular weight is 257 g/mol. The minimum Gasteiger partial charge on any atom is -0.382 e. The van der Waals surface area contributed by atoms with Crippen molar-refractivity contribution in [2.24, 2.45) is 11.8 Å². The van der Waals surface area contributed by atoms with Crippen molar-refractivity contribution in [1.82, 2.24) is 5.32 Å². The highest BCUT2D eigenvalue weighted by Crippen LogP contribution is 2.26. The first kappa shape index (κ1) is 15.9. The summed E-state index contributed by atoms with van der Waals surface area (Å²) >= 11 is 0. The van der Waals surface area contributed by atoms with Gasteiger partial charge in [0.2, 0.25) is 0 Å². The number of methoxy groups -OCH3 is 1. The molecular formula is C15H31NO2. The Morgan fingerprint density at radius 3 is 2.61 bits per heavy atom. The van der Waals surface area contributed by atoms with Gasteiger partial charge < -0.3 is 14.8 Å². The maximum Gasteiger partial charge on any atom is 0.0936 e. The zero-order chi connectivity index (χ0) is 13.4. The Labute approximate surface area is 113 Å². The molecule has 0 amide bonds. The maximum atomic E-state index is 6.20. The Bertz CT molecular complexity index is 209. The largest absolute Gasteiger partial charge is 0.382 e. The quantitative estimate of drug-likeness (QED) is 0.725. The fourth-order valence-electron chi connectivity index (χ4n) is 2.64. The van der Waals surface area contributed by atoms with Crippen LogP contribution in [0.25, 0.3) is 0 Å². The fraction of sp³-hybridized carbons (Fsp3) is 1.00. The van der Waals surface area contributed by atoms with Gasteiger partial charge in [-0.15, -0.1) is 0 Å². The van der Waals surface area contributed by atoms with Crippen molar-refractivity contribution in [3.05, 3.63) is 0 Å². The molecule has 1 saturated carbocycles. The van der Waals surface area contributed by atoms with Crippen LogP contribution >= 0.6 is 0 Å². The predicted octanol–water partition coefficient (Wildman–Crippen LogP) is 2.84. The number of nitrogens with one attached hydrogen (secondary N) is 1. The van der Waals surface area contributed by atoms with Crippen LogP contribution in [0.2, 0.25) is 0 Å². The molecule has 0 radical (unpaired) electrons. The van der Waals surface area contributed by atoms with Gasteiger partial charge in [0.15, 0.2) is 0 Å². The van der Waals surface area contributed by atoms with Crippen molar-refractivity contribution in [2.45, 2.75) is 58.7 Å². The summed E-state index contributed by atoms with van der Waals surface area (Å²) in [4.78, 5) is 0. The zero-order valence-electron chi connectivity index (χ0n) is 12.6. The molecule has 0 heterocycles. The van der Waals surface area contributed by atoms with E-state index >= 15 is 0 Å². The van der Waals surface area contributed by atoms with Gasteiger partial charge in [0, 0.05) is 13.7 Å². The lowest BCUT2D eigenvalue weighted by molar-refractivity contribution is -0.0659. The first-order chi connectivity index (χ1) is 8.61. The molecule has 1 aliphatic rings. The van der Waals surface area contributed by atoms with Crippen LogP contribution in [-0.2, 0) is 9.47 Å². The van der Waals surface area contributed by atoms with Gasteiger partial charge in [-0.05, 0) is 31.2 Å². The Morgan fingerprint density at radius 1 is 1.22 bits per heavy atom. The standard InChI is InChI=1S/C15H31NO2/c1-12(2)9-16-10-15(11-17-4)18-14-7-5-6-13(3)8-14/h12-16H,5-11H2,1-4H3. The van der Waals surface area contributed by atoms with Crippen LogP contribution in [0.1, 0.15) is 46.5 Å². The molecule has 0 spiro atoms. The Morgan fingerprint density at radius 2 is 2.00 bits per heavy atom. The summed E-state index contributed by atoms with van der Waals surface area (Å²) in [7, 11) is 1.75. The van der Waals surface area contributed by atoms with E-state index in [1.807, 2.05) is 0 Å². The number of rotatable bonds is 8. The van der Waals surface area contributed by atoms with Crippen molar-refractivity contribution < 1.29 is 9.47 Å². The van der Waals surface area contributed by atoms with Crippen LogP contribution in [0, 0.1) is 11.8 Å². The minimum absolute atomic E-state index is 0.198. The molecule has 0 aromatic heterocycles. The Balaban J connectivity index is 2.27. The lowest BCUT2D eigenvalue weighted by atomic mass is 9.88. The molecular weight excluding hydrogens is 226 g/mol. The second kappa shape index (κ2) is 8.89. The number of hydrogen-bond donors (Lipinski definition) is 1. The summed E-state index contributed by atoms with van der Waals surface area (Å²) in [5.74, 6) is 1.50. The van der Waals surface area contributed by atoms with Crippen LogP contribution in [0.5, 0.6) is 0 Å². The molecule has 3 heteroatoms. The molecule has 0 saturated heterocycles. The third kappa shape index (κ3) is 6.72. The molecule has 1 fully saturated rings. The fourth-order valence-corrected chi connectivity index (χ4v) is 2.64. The summed E-state index contributed by atoms with van der Waals surface area (Å²) in [6, 6.07) is 0. The van der Waals surface area contributed by atoms with Crippen molar-refractivity contribution in [3.8, 4) is 0 Å². The van der Waals surface area contributed by atoms with Crippen LogP contribution in [0.15, 0.2) is 0 Å². The molecule has 0 aliphatic heterocycles. The van der Waals surface area contributed by atoms with Gasteiger partial charge in [0.25, 0.3) is 0 Å². The number of hydrogen-bond acceptors (Lipinski definition) is 3. The van der Waals surface area contributed by atoms with Crippen LogP contribution < -0.4 is 5.32 Å². The highest BCUT2D eigenvalue weighted by atomic mass is 16.5. The zero-order valence-corrected chi connectivity index (χ0v) is 12.6.